The Labute approximate surface area is 363 Å². The molecule has 3 saturated heterocycles. The maximum absolute atomic E-state index is 13.9. The van der Waals surface area contributed by atoms with Crippen LogP contribution >= 0.6 is 0 Å². The fourth-order valence-electron chi connectivity index (χ4n) is 9.37. The van der Waals surface area contributed by atoms with Gasteiger partial charge >= 0.3 is 12.2 Å². The Hall–Kier alpha value is -6.02. The van der Waals surface area contributed by atoms with Crippen LogP contribution in [0, 0.1) is 11.8 Å². The first-order valence-corrected chi connectivity index (χ1v) is 21.8. The first-order chi connectivity index (χ1) is 29.9. The van der Waals surface area contributed by atoms with Crippen LogP contribution in [0.1, 0.15) is 70.9 Å². The van der Waals surface area contributed by atoms with Gasteiger partial charge in [0.25, 0.3) is 0 Å². The van der Waals surface area contributed by atoms with Gasteiger partial charge in [0.2, 0.25) is 11.8 Å². The zero-order chi connectivity index (χ0) is 43.7. The highest BCUT2D eigenvalue weighted by molar-refractivity contribution is 6.05. The van der Waals surface area contributed by atoms with Crippen LogP contribution in [0.2, 0.25) is 0 Å². The first-order valence-electron chi connectivity index (χ1n) is 21.8. The number of ether oxygens (including phenoxy) is 3. The Kier molecular flexibility index (Phi) is 12.2. The number of hydrogen-bond donors (Lipinski definition) is 3. The lowest BCUT2D eigenvalue weighted by molar-refractivity contribution is -0.135. The molecular formula is C48H57N7O7. The number of alkyl carbamates (subject to hydrolysis) is 2. The molecule has 5 aliphatic rings. The number of nitrogens with zero attached hydrogens (tertiary/aromatic N) is 4. The molecule has 3 aromatic rings. The molecule has 0 saturated carbocycles. The summed E-state index contributed by atoms with van der Waals surface area (Å²) in [6.07, 6.45) is 4.68. The summed E-state index contributed by atoms with van der Waals surface area (Å²) in [6.45, 7) is 9.82. The SMILES string of the molecule is COC(=O)N[C@H](C(=O)N1CCC[C@H]1C1=NC=C(c2ccc(-c3ccc(-c4ccc5c(c4)NC([C@@H]4CCCN4C(=O)[C@@H](NC(=O)OC)C(C)C)=NC54COC4)cc3)cc2)C1)C(C)C. The van der Waals surface area contributed by atoms with E-state index in [1.807, 2.05) is 43.7 Å². The second-order valence-corrected chi connectivity index (χ2v) is 17.6. The minimum absolute atomic E-state index is 0.0874. The van der Waals surface area contributed by atoms with E-state index in [1.165, 1.54) is 14.2 Å². The number of benzene rings is 3. The number of carbonyl (C=O) groups excluding carboxylic acids is 4. The van der Waals surface area contributed by atoms with Crippen molar-refractivity contribution in [2.45, 2.75) is 89.5 Å². The van der Waals surface area contributed by atoms with Crippen molar-refractivity contribution >= 4 is 46.8 Å². The van der Waals surface area contributed by atoms with Gasteiger partial charge in [-0.15, -0.1) is 0 Å². The van der Waals surface area contributed by atoms with E-state index in [2.05, 4.69) is 82.7 Å². The number of allylic oxidation sites excluding steroid dienone is 1. The number of hydrogen-bond acceptors (Lipinski definition) is 10. The molecular weight excluding hydrogens is 787 g/mol. The third-order valence-electron chi connectivity index (χ3n) is 12.9. The van der Waals surface area contributed by atoms with Gasteiger partial charge in [-0.1, -0.05) is 88.4 Å². The van der Waals surface area contributed by atoms with Crippen molar-refractivity contribution in [3.63, 3.8) is 0 Å². The quantitative estimate of drug-likeness (QED) is 0.186. The molecule has 4 amide bonds. The molecule has 0 aromatic heterocycles. The van der Waals surface area contributed by atoms with Crippen molar-refractivity contribution in [2.75, 3.05) is 45.8 Å². The Balaban J connectivity index is 0.930. The fraction of sp³-hybridized carbons (Fsp3) is 0.458. The molecule has 5 aliphatic heterocycles. The van der Waals surface area contributed by atoms with E-state index in [4.69, 9.17) is 24.2 Å². The molecule has 0 radical (unpaired) electrons. The van der Waals surface area contributed by atoms with Crippen molar-refractivity contribution in [2.24, 2.45) is 21.8 Å². The van der Waals surface area contributed by atoms with Crippen LogP contribution in [0.25, 0.3) is 27.8 Å². The van der Waals surface area contributed by atoms with Gasteiger partial charge in [-0.3, -0.25) is 19.6 Å². The molecule has 62 heavy (non-hydrogen) atoms. The van der Waals surface area contributed by atoms with Crippen LogP contribution in [0.3, 0.4) is 0 Å². The number of rotatable bonds is 11. The molecule has 0 unspecified atom stereocenters. The number of nitrogens with one attached hydrogen (secondary N) is 3. The molecule has 8 rings (SSSR count). The van der Waals surface area contributed by atoms with E-state index in [0.29, 0.717) is 32.7 Å². The lowest BCUT2D eigenvalue weighted by atomic mass is 9.84. The highest BCUT2D eigenvalue weighted by Crippen LogP contribution is 2.44. The van der Waals surface area contributed by atoms with E-state index in [1.54, 1.807) is 0 Å². The van der Waals surface area contributed by atoms with Crippen LogP contribution in [-0.2, 0) is 29.3 Å². The molecule has 5 heterocycles. The number of fused-ring (bicyclic) bond motifs is 2. The zero-order valence-corrected chi connectivity index (χ0v) is 36.4. The number of anilines is 1. The molecule has 1 spiro atoms. The molecule has 0 aliphatic carbocycles. The number of carbonyl (C=O) groups is 4. The second-order valence-electron chi connectivity index (χ2n) is 17.6. The van der Waals surface area contributed by atoms with Gasteiger partial charge in [0.05, 0.1) is 39.5 Å². The monoisotopic (exact) mass is 843 g/mol. The molecule has 4 atom stereocenters. The van der Waals surface area contributed by atoms with Crippen LogP contribution in [-0.4, -0.2) is 110 Å². The lowest BCUT2D eigenvalue weighted by Crippen LogP contribution is -2.56. The molecule has 3 aromatic carbocycles. The summed E-state index contributed by atoms with van der Waals surface area (Å²) in [5.41, 5.74) is 9.03. The summed E-state index contributed by atoms with van der Waals surface area (Å²) in [5.74, 6) is 0.298. The maximum Gasteiger partial charge on any atom is 0.407 e. The number of amidine groups is 1. The van der Waals surface area contributed by atoms with Crippen LogP contribution in [0.15, 0.2) is 82.9 Å². The summed E-state index contributed by atoms with van der Waals surface area (Å²) in [4.78, 5) is 65.4. The Morgan fingerprint density at radius 3 is 1.74 bits per heavy atom. The van der Waals surface area contributed by atoms with Gasteiger partial charge in [-0.25, -0.2) is 9.59 Å². The third kappa shape index (κ3) is 8.32. The third-order valence-corrected chi connectivity index (χ3v) is 12.9. The molecule has 0 bridgehead atoms. The highest BCUT2D eigenvalue weighted by atomic mass is 16.5. The van der Waals surface area contributed by atoms with Crippen LogP contribution in [0.5, 0.6) is 0 Å². The summed E-state index contributed by atoms with van der Waals surface area (Å²) >= 11 is 0. The van der Waals surface area contributed by atoms with Gasteiger partial charge in [0, 0.05) is 42.7 Å². The lowest BCUT2D eigenvalue weighted by Gasteiger charge is -2.44. The van der Waals surface area contributed by atoms with E-state index in [-0.39, 0.29) is 35.7 Å². The fourth-order valence-corrected chi connectivity index (χ4v) is 9.37. The topological polar surface area (TPSA) is 163 Å². The van der Waals surface area contributed by atoms with Gasteiger partial charge in [0.1, 0.15) is 23.5 Å². The molecule has 14 heteroatoms. The van der Waals surface area contributed by atoms with Crippen molar-refractivity contribution in [3.8, 4) is 22.3 Å². The average Bonchev–Trinajstić information content (AvgIpc) is 4.08. The van der Waals surface area contributed by atoms with Gasteiger partial charge in [-0.05, 0) is 77.0 Å². The molecule has 3 N–H and O–H groups in total. The normalized spacial score (nSPS) is 21.0. The van der Waals surface area contributed by atoms with E-state index >= 15 is 0 Å². The van der Waals surface area contributed by atoms with Crippen molar-refractivity contribution in [1.29, 1.82) is 0 Å². The van der Waals surface area contributed by atoms with Crippen molar-refractivity contribution in [1.82, 2.24) is 20.4 Å². The number of likely N-dealkylation sites (tertiary alicyclic amines) is 2. The van der Waals surface area contributed by atoms with E-state index in [9.17, 15) is 19.2 Å². The molecule has 3 fully saturated rings. The van der Waals surface area contributed by atoms with Crippen molar-refractivity contribution < 1.29 is 33.4 Å². The summed E-state index contributed by atoms with van der Waals surface area (Å²) in [5, 5.41) is 9.09. The van der Waals surface area contributed by atoms with Gasteiger partial charge in [-0.2, -0.15) is 0 Å². The van der Waals surface area contributed by atoms with Crippen LogP contribution in [0.4, 0.5) is 15.3 Å². The minimum Gasteiger partial charge on any atom is -0.453 e. The summed E-state index contributed by atoms with van der Waals surface area (Å²) in [6, 6.07) is 21.8. The summed E-state index contributed by atoms with van der Waals surface area (Å²) in [7, 11) is 2.60. The second kappa shape index (κ2) is 17.8. The molecule has 326 valence electrons. The first kappa shape index (κ1) is 42.7. The standard InChI is InChI=1S/C48H57N7O7/c1-28(2)41(51-46(58)60-5)44(56)54-21-7-9-39(54)38-24-35(25-49-38)33-17-13-31(14-18-33)30-11-15-32(16-12-30)34-19-20-36-37(23-34)50-43(53-48(36)26-62-27-48)40-10-8-22-55(40)45(57)42(29(3)4)52-47(59)61-6/h11-20,23,25,28-29,39-42H,7-10,21-22,24,26-27H2,1-6H3,(H,50,53)(H,51,58)(H,52,59)/t39-,40-,41-,42-/m0/s1. The van der Waals surface area contributed by atoms with Gasteiger partial charge in [0.15, 0.2) is 0 Å². The zero-order valence-electron chi connectivity index (χ0n) is 36.4. The number of amides is 4. The smallest absolute Gasteiger partial charge is 0.407 e. The highest BCUT2D eigenvalue weighted by Gasteiger charge is 2.47. The number of methoxy groups -OCH3 is 2. The average molecular weight is 844 g/mol. The minimum atomic E-state index is -0.711. The van der Waals surface area contributed by atoms with E-state index in [0.717, 1.165) is 81.9 Å². The van der Waals surface area contributed by atoms with Crippen LogP contribution < -0.4 is 16.0 Å². The Bertz CT molecular complexity index is 2300. The number of aliphatic imine (C=N–C) groups is 2. The van der Waals surface area contributed by atoms with Crippen molar-refractivity contribution in [3.05, 3.63) is 84.1 Å². The predicted octanol–water partition coefficient (Wildman–Crippen LogP) is 7.00. The summed E-state index contributed by atoms with van der Waals surface area (Å²) < 4.78 is 15.3. The van der Waals surface area contributed by atoms with Gasteiger partial charge < -0.3 is 40.0 Å². The predicted molar refractivity (Wildman–Crippen MR) is 239 cm³/mol. The van der Waals surface area contributed by atoms with E-state index < -0.39 is 29.8 Å². The Morgan fingerprint density at radius 1 is 0.726 bits per heavy atom. The largest absolute Gasteiger partial charge is 0.453 e. The Morgan fingerprint density at radius 2 is 1.23 bits per heavy atom. The maximum atomic E-state index is 13.9. The molecule has 14 nitrogen and oxygen atoms in total.